The highest BCUT2D eigenvalue weighted by Crippen LogP contribution is 2.15. The van der Waals surface area contributed by atoms with Crippen LogP contribution in [0, 0.1) is 0 Å². The number of hydrogen-bond acceptors (Lipinski definition) is 3. The summed E-state index contributed by atoms with van der Waals surface area (Å²) < 4.78 is 5.10. The standard InChI is InChI=1S/C14H14N2O3/c1-10(17)15-11-4-2-5-12(8-11)16-14(18)9-13-6-3-7-19-13/h2-8H,9H2,1H3,(H,15,17)(H,16,18). The summed E-state index contributed by atoms with van der Waals surface area (Å²) in [4.78, 5) is 22.7. The molecule has 2 amide bonds. The fourth-order valence-electron chi connectivity index (χ4n) is 1.65. The van der Waals surface area contributed by atoms with E-state index >= 15 is 0 Å². The van der Waals surface area contributed by atoms with E-state index in [0.717, 1.165) is 0 Å². The van der Waals surface area contributed by atoms with E-state index in [1.807, 2.05) is 0 Å². The van der Waals surface area contributed by atoms with E-state index in [-0.39, 0.29) is 18.2 Å². The van der Waals surface area contributed by atoms with Gasteiger partial charge in [-0.1, -0.05) is 6.07 Å². The lowest BCUT2D eigenvalue weighted by molar-refractivity contribution is -0.116. The largest absolute Gasteiger partial charge is 0.469 e. The second kappa shape index (κ2) is 5.86. The first kappa shape index (κ1) is 12.9. The van der Waals surface area contributed by atoms with E-state index in [4.69, 9.17) is 4.42 Å². The van der Waals surface area contributed by atoms with Crippen LogP contribution in [0.25, 0.3) is 0 Å². The molecule has 5 heteroatoms. The fraction of sp³-hybridized carbons (Fsp3) is 0.143. The quantitative estimate of drug-likeness (QED) is 0.884. The number of anilines is 2. The van der Waals surface area contributed by atoms with Crippen LogP contribution in [0.1, 0.15) is 12.7 Å². The zero-order chi connectivity index (χ0) is 13.7. The van der Waals surface area contributed by atoms with Gasteiger partial charge < -0.3 is 15.1 Å². The number of benzene rings is 1. The van der Waals surface area contributed by atoms with Crippen LogP contribution in [0.5, 0.6) is 0 Å². The third kappa shape index (κ3) is 3.99. The van der Waals surface area contributed by atoms with Crippen LogP contribution >= 0.6 is 0 Å². The van der Waals surface area contributed by atoms with Crippen LogP contribution in [0.3, 0.4) is 0 Å². The minimum absolute atomic E-state index is 0.154. The molecule has 0 aliphatic heterocycles. The first-order valence-electron chi connectivity index (χ1n) is 5.83. The monoisotopic (exact) mass is 258 g/mol. The number of amides is 2. The van der Waals surface area contributed by atoms with Crippen molar-refractivity contribution in [2.75, 3.05) is 10.6 Å². The van der Waals surface area contributed by atoms with Crippen LogP contribution in [0.4, 0.5) is 11.4 Å². The molecule has 2 N–H and O–H groups in total. The molecule has 0 atom stereocenters. The smallest absolute Gasteiger partial charge is 0.231 e. The van der Waals surface area contributed by atoms with Gasteiger partial charge >= 0.3 is 0 Å². The maximum absolute atomic E-state index is 11.8. The van der Waals surface area contributed by atoms with Gasteiger partial charge in [-0.3, -0.25) is 9.59 Å². The van der Waals surface area contributed by atoms with Crippen LogP contribution in [-0.2, 0) is 16.0 Å². The van der Waals surface area contributed by atoms with Gasteiger partial charge in [0, 0.05) is 18.3 Å². The lowest BCUT2D eigenvalue weighted by Gasteiger charge is -2.07. The van der Waals surface area contributed by atoms with Crippen LogP contribution in [0.15, 0.2) is 47.1 Å². The lowest BCUT2D eigenvalue weighted by Crippen LogP contribution is -2.14. The van der Waals surface area contributed by atoms with E-state index in [9.17, 15) is 9.59 Å². The molecule has 0 unspecified atom stereocenters. The molecule has 0 bridgehead atoms. The van der Waals surface area contributed by atoms with Gasteiger partial charge in [0.1, 0.15) is 5.76 Å². The Morgan fingerprint density at radius 1 is 1.11 bits per heavy atom. The fourth-order valence-corrected chi connectivity index (χ4v) is 1.65. The summed E-state index contributed by atoms with van der Waals surface area (Å²) in [5, 5.41) is 5.40. The zero-order valence-electron chi connectivity index (χ0n) is 10.5. The summed E-state index contributed by atoms with van der Waals surface area (Å²) in [5.74, 6) is 0.282. The second-order valence-electron chi connectivity index (χ2n) is 4.07. The summed E-state index contributed by atoms with van der Waals surface area (Å²) in [6.07, 6.45) is 1.71. The molecule has 0 radical (unpaired) electrons. The minimum Gasteiger partial charge on any atom is -0.469 e. The molecular weight excluding hydrogens is 244 g/mol. The Morgan fingerprint density at radius 2 is 1.84 bits per heavy atom. The molecule has 5 nitrogen and oxygen atoms in total. The Bertz CT molecular complexity index is 576. The molecule has 0 saturated heterocycles. The molecule has 19 heavy (non-hydrogen) atoms. The minimum atomic E-state index is -0.171. The van der Waals surface area contributed by atoms with E-state index < -0.39 is 0 Å². The number of carbonyl (C=O) groups excluding carboxylic acids is 2. The van der Waals surface area contributed by atoms with Gasteiger partial charge in [0.05, 0.1) is 12.7 Å². The van der Waals surface area contributed by atoms with Crippen molar-refractivity contribution in [3.8, 4) is 0 Å². The molecule has 0 aliphatic carbocycles. The first-order valence-corrected chi connectivity index (χ1v) is 5.83. The molecule has 1 aromatic carbocycles. The predicted molar refractivity (Wildman–Crippen MR) is 71.8 cm³/mol. The first-order chi connectivity index (χ1) is 9.13. The van der Waals surface area contributed by atoms with Gasteiger partial charge in [-0.2, -0.15) is 0 Å². The van der Waals surface area contributed by atoms with Crippen molar-refractivity contribution in [1.29, 1.82) is 0 Å². The number of carbonyl (C=O) groups is 2. The van der Waals surface area contributed by atoms with Gasteiger partial charge in [0.2, 0.25) is 11.8 Å². The molecule has 0 spiro atoms. The summed E-state index contributed by atoms with van der Waals surface area (Å²) in [7, 11) is 0. The van der Waals surface area contributed by atoms with Crippen LogP contribution < -0.4 is 10.6 Å². The molecule has 1 aromatic heterocycles. The summed E-state index contributed by atoms with van der Waals surface area (Å²) >= 11 is 0. The molecule has 1 heterocycles. The van der Waals surface area contributed by atoms with E-state index in [2.05, 4.69) is 10.6 Å². The molecule has 2 aromatic rings. The Labute approximate surface area is 110 Å². The maximum Gasteiger partial charge on any atom is 0.231 e. The Morgan fingerprint density at radius 3 is 2.47 bits per heavy atom. The van der Waals surface area contributed by atoms with Crippen molar-refractivity contribution in [2.45, 2.75) is 13.3 Å². The number of furan rings is 1. The average molecular weight is 258 g/mol. The second-order valence-corrected chi connectivity index (χ2v) is 4.07. The van der Waals surface area contributed by atoms with Gasteiger partial charge in [-0.15, -0.1) is 0 Å². The zero-order valence-corrected chi connectivity index (χ0v) is 10.5. The lowest BCUT2D eigenvalue weighted by atomic mass is 10.2. The summed E-state index contributed by atoms with van der Waals surface area (Å²) in [6, 6.07) is 10.4. The van der Waals surface area contributed by atoms with E-state index in [1.165, 1.54) is 13.2 Å². The van der Waals surface area contributed by atoms with Crippen molar-refractivity contribution < 1.29 is 14.0 Å². The number of rotatable bonds is 4. The Hall–Kier alpha value is -2.56. The Balaban J connectivity index is 1.98. The topological polar surface area (TPSA) is 71.3 Å². The van der Waals surface area contributed by atoms with Crippen molar-refractivity contribution in [2.24, 2.45) is 0 Å². The third-order valence-electron chi connectivity index (χ3n) is 2.38. The average Bonchev–Trinajstić information content (AvgIpc) is 2.81. The highest BCUT2D eigenvalue weighted by molar-refractivity contribution is 5.94. The van der Waals surface area contributed by atoms with E-state index in [1.54, 1.807) is 36.4 Å². The Kier molecular flexibility index (Phi) is 3.97. The molecule has 2 rings (SSSR count). The SMILES string of the molecule is CC(=O)Nc1cccc(NC(=O)Cc2ccco2)c1. The van der Waals surface area contributed by atoms with Crippen molar-refractivity contribution >= 4 is 23.2 Å². The predicted octanol–water partition coefficient (Wildman–Crippen LogP) is 2.42. The van der Waals surface area contributed by atoms with Gasteiger partial charge in [0.15, 0.2) is 0 Å². The molecule has 0 aliphatic rings. The van der Waals surface area contributed by atoms with Gasteiger partial charge in [-0.05, 0) is 30.3 Å². The number of hydrogen-bond donors (Lipinski definition) is 2. The molecule has 0 saturated carbocycles. The van der Waals surface area contributed by atoms with Crippen LogP contribution in [0.2, 0.25) is 0 Å². The van der Waals surface area contributed by atoms with Gasteiger partial charge in [0.25, 0.3) is 0 Å². The summed E-state index contributed by atoms with van der Waals surface area (Å²) in [5.41, 5.74) is 1.27. The number of nitrogens with one attached hydrogen (secondary N) is 2. The van der Waals surface area contributed by atoms with Crippen molar-refractivity contribution in [1.82, 2.24) is 0 Å². The maximum atomic E-state index is 11.8. The third-order valence-corrected chi connectivity index (χ3v) is 2.38. The van der Waals surface area contributed by atoms with Crippen molar-refractivity contribution in [3.05, 3.63) is 48.4 Å². The molecule has 0 fully saturated rings. The normalized spacial score (nSPS) is 9.95. The van der Waals surface area contributed by atoms with Gasteiger partial charge in [-0.25, -0.2) is 0 Å². The highest BCUT2D eigenvalue weighted by atomic mass is 16.3. The molecule has 98 valence electrons. The van der Waals surface area contributed by atoms with Crippen molar-refractivity contribution in [3.63, 3.8) is 0 Å². The molecular formula is C14H14N2O3. The van der Waals surface area contributed by atoms with Crippen LogP contribution in [-0.4, -0.2) is 11.8 Å². The summed E-state index contributed by atoms with van der Waals surface area (Å²) in [6.45, 7) is 1.43. The van der Waals surface area contributed by atoms with E-state index in [0.29, 0.717) is 17.1 Å². The highest BCUT2D eigenvalue weighted by Gasteiger charge is 2.06.